The van der Waals surface area contributed by atoms with Crippen LogP contribution in [0.15, 0.2) is 65.1 Å². The number of β-amino-alcohol motifs (C(OH)–C–C–N with tert-alkyl or cyclic N) is 1. The van der Waals surface area contributed by atoms with E-state index in [2.05, 4.69) is 25.7 Å². The van der Waals surface area contributed by atoms with Gasteiger partial charge >= 0.3 is 0 Å². The van der Waals surface area contributed by atoms with E-state index in [1.807, 2.05) is 42.5 Å². The number of aliphatic hydroxyl groups is 1. The molecule has 38 heavy (non-hydrogen) atoms. The van der Waals surface area contributed by atoms with Crippen LogP contribution in [0.2, 0.25) is 10.0 Å². The maximum atomic E-state index is 11.3. The fraction of sp³-hybridized carbons (Fsp3) is 0.259. The van der Waals surface area contributed by atoms with Crippen LogP contribution in [-0.2, 0) is 0 Å². The zero-order valence-electron chi connectivity index (χ0n) is 20.3. The first-order valence-corrected chi connectivity index (χ1v) is 13.3. The van der Waals surface area contributed by atoms with E-state index in [9.17, 15) is 15.2 Å². The molecule has 1 N–H and O–H groups in total. The molecule has 0 aliphatic carbocycles. The van der Waals surface area contributed by atoms with E-state index < -0.39 is 11.0 Å². The number of rotatable bonds is 9. The molecule has 11 heteroatoms. The lowest BCUT2D eigenvalue weighted by Gasteiger charge is -2.37. The molecule has 0 radical (unpaired) electrons. The predicted octanol–water partition coefficient (Wildman–Crippen LogP) is 6.82. The Morgan fingerprint density at radius 1 is 1.03 bits per heavy atom. The fourth-order valence-corrected chi connectivity index (χ4v) is 4.98. The maximum absolute atomic E-state index is 11.3. The van der Waals surface area contributed by atoms with Crippen molar-refractivity contribution in [2.24, 2.45) is 0 Å². The van der Waals surface area contributed by atoms with Gasteiger partial charge in [-0.25, -0.2) is 0 Å². The number of ether oxygens (including phenoxy) is 1. The van der Waals surface area contributed by atoms with Crippen LogP contribution in [-0.4, -0.2) is 60.4 Å². The summed E-state index contributed by atoms with van der Waals surface area (Å²) in [7, 11) is 0. The van der Waals surface area contributed by atoms with Gasteiger partial charge in [0.1, 0.15) is 18.5 Å². The second-order valence-corrected chi connectivity index (χ2v) is 10.3. The highest BCUT2D eigenvalue weighted by Gasteiger charge is 2.22. The number of nitro groups is 1. The zero-order valence-corrected chi connectivity index (χ0v) is 24.2. The molecule has 0 bridgehead atoms. The van der Waals surface area contributed by atoms with Crippen LogP contribution in [0.1, 0.15) is 11.1 Å². The van der Waals surface area contributed by atoms with Crippen LogP contribution in [0.5, 0.6) is 5.75 Å². The first-order valence-electron chi connectivity index (χ1n) is 11.7. The molecule has 4 rings (SSSR count). The van der Waals surface area contributed by atoms with E-state index in [-0.39, 0.29) is 24.7 Å². The second-order valence-electron chi connectivity index (χ2n) is 8.66. The van der Waals surface area contributed by atoms with Crippen molar-refractivity contribution in [3.05, 3.63) is 96.4 Å². The van der Waals surface area contributed by atoms with Crippen molar-refractivity contribution >= 4 is 75.1 Å². The number of nitrogens with zero attached hydrogens (tertiary/aromatic N) is 3. The van der Waals surface area contributed by atoms with Crippen molar-refractivity contribution in [1.29, 1.82) is 0 Å². The van der Waals surface area contributed by atoms with Crippen LogP contribution in [0.4, 0.5) is 11.4 Å². The highest BCUT2D eigenvalue weighted by atomic mass is 79.9. The minimum Gasteiger partial charge on any atom is -0.490 e. The first kappa shape index (κ1) is 30.2. The van der Waals surface area contributed by atoms with Crippen LogP contribution in [0.3, 0.4) is 0 Å². The molecule has 7 nitrogen and oxygen atoms in total. The molecular weight excluding hydrogens is 617 g/mol. The second kappa shape index (κ2) is 14.2. The van der Waals surface area contributed by atoms with E-state index >= 15 is 0 Å². The van der Waals surface area contributed by atoms with Crippen molar-refractivity contribution in [3.8, 4) is 5.75 Å². The molecule has 202 valence electrons. The molecule has 1 saturated heterocycles. The van der Waals surface area contributed by atoms with Crippen molar-refractivity contribution < 1.29 is 14.8 Å². The van der Waals surface area contributed by atoms with Gasteiger partial charge in [0.25, 0.3) is 5.69 Å². The minimum absolute atomic E-state index is 0. The van der Waals surface area contributed by atoms with Crippen LogP contribution < -0.4 is 9.64 Å². The number of nitro benzene ring substituents is 1. The number of piperazine rings is 1. The van der Waals surface area contributed by atoms with Crippen molar-refractivity contribution in [1.82, 2.24) is 4.90 Å². The Balaban J connectivity index is 0.00000400. The highest BCUT2D eigenvalue weighted by Crippen LogP contribution is 2.33. The van der Waals surface area contributed by atoms with Gasteiger partial charge in [-0.3, -0.25) is 15.0 Å². The smallest absolute Gasteiger partial charge is 0.270 e. The van der Waals surface area contributed by atoms with Crippen LogP contribution in [0.25, 0.3) is 12.2 Å². The lowest BCUT2D eigenvalue weighted by atomic mass is 10.1. The minimum atomic E-state index is -0.725. The Kier molecular flexibility index (Phi) is 11.3. The summed E-state index contributed by atoms with van der Waals surface area (Å²) in [5, 5.41) is 23.0. The van der Waals surface area contributed by atoms with Gasteiger partial charge in [-0.15, -0.1) is 12.4 Å². The zero-order chi connectivity index (χ0) is 26.4. The summed E-state index contributed by atoms with van der Waals surface area (Å²) in [6.45, 7) is 3.56. The largest absolute Gasteiger partial charge is 0.490 e. The number of non-ortho nitro benzene ring substituents is 1. The van der Waals surface area contributed by atoms with Gasteiger partial charge in [0.15, 0.2) is 0 Å². The molecule has 0 saturated carbocycles. The quantitative estimate of drug-likeness (QED) is 0.157. The summed E-state index contributed by atoms with van der Waals surface area (Å²) in [6.07, 6.45) is 2.91. The summed E-state index contributed by atoms with van der Waals surface area (Å²) in [6, 6.07) is 17.7. The van der Waals surface area contributed by atoms with E-state index in [1.165, 1.54) is 12.1 Å². The Labute approximate surface area is 246 Å². The van der Waals surface area contributed by atoms with E-state index in [1.54, 1.807) is 18.2 Å². The lowest BCUT2D eigenvalue weighted by molar-refractivity contribution is -0.384. The van der Waals surface area contributed by atoms with Crippen molar-refractivity contribution in [2.45, 2.75) is 6.10 Å². The first-order chi connectivity index (χ1) is 17.8. The number of hydrogen-bond donors (Lipinski definition) is 1. The molecule has 3 aromatic rings. The maximum Gasteiger partial charge on any atom is 0.270 e. The molecule has 1 unspecified atom stereocenters. The molecule has 1 aliphatic rings. The number of halogens is 4. The Morgan fingerprint density at radius 3 is 2.45 bits per heavy atom. The van der Waals surface area contributed by atoms with Gasteiger partial charge < -0.3 is 14.7 Å². The molecule has 1 atom stereocenters. The Bertz CT molecular complexity index is 1290. The average Bonchev–Trinajstić information content (AvgIpc) is 2.89. The van der Waals surface area contributed by atoms with Gasteiger partial charge in [-0.2, -0.15) is 0 Å². The topological polar surface area (TPSA) is 79.1 Å². The monoisotopic (exact) mass is 641 g/mol. The summed E-state index contributed by atoms with van der Waals surface area (Å²) in [5.74, 6) is 0.466. The summed E-state index contributed by atoms with van der Waals surface area (Å²) in [4.78, 5) is 15.2. The lowest BCUT2D eigenvalue weighted by Crippen LogP contribution is -2.49. The standard InChI is InChI=1S/C27H26BrCl2N3O4.ClH/c28-23-5-2-1-4-19(23)8-9-20-16-21(33(35)36)10-11-26(20)37-18-22(34)17-31-12-14-32(15-13-31)25-7-3-6-24(29)27(25)30;/h1-11,16,22,34H,12-15,17-18H2;1H. The Morgan fingerprint density at radius 2 is 1.74 bits per heavy atom. The van der Waals surface area contributed by atoms with E-state index in [0.717, 1.165) is 41.9 Å². The number of hydrogen-bond acceptors (Lipinski definition) is 6. The van der Waals surface area contributed by atoms with Gasteiger partial charge in [0, 0.05) is 54.9 Å². The molecule has 0 amide bonds. The molecule has 3 aromatic carbocycles. The third kappa shape index (κ3) is 7.85. The third-order valence-electron chi connectivity index (χ3n) is 6.10. The van der Waals surface area contributed by atoms with Crippen LogP contribution >= 0.6 is 51.5 Å². The SMILES string of the molecule is Cl.O=[N+]([O-])c1ccc(OCC(O)CN2CCN(c3cccc(Cl)c3Cl)CC2)c(C=Cc2ccccc2Br)c1. The normalized spacial score (nSPS) is 14.8. The number of aliphatic hydroxyl groups excluding tert-OH is 1. The van der Waals surface area contributed by atoms with Crippen molar-refractivity contribution in [3.63, 3.8) is 0 Å². The van der Waals surface area contributed by atoms with Crippen LogP contribution in [0, 0.1) is 10.1 Å². The van der Waals surface area contributed by atoms with E-state index in [0.29, 0.717) is 27.9 Å². The van der Waals surface area contributed by atoms with Gasteiger partial charge in [-0.1, -0.05) is 75.5 Å². The van der Waals surface area contributed by atoms with Crippen molar-refractivity contribution in [2.75, 3.05) is 44.2 Å². The van der Waals surface area contributed by atoms with E-state index in [4.69, 9.17) is 27.9 Å². The molecule has 1 heterocycles. The van der Waals surface area contributed by atoms with Gasteiger partial charge in [0.05, 0.1) is 20.7 Å². The Hall–Kier alpha value is -2.33. The predicted molar refractivity (Wildman–Crippen MR) is 160 cm³/mol. The number of anilines is 1. The summed E-state index contributed by atoms with van der Waals surface area (Å²) in [5.41, 5.74) is 2.37. The third-order valence-corrected chi connectivity index (χ3v) is 7.63. The highest BCUT2D eigenvalue weighted by molar-refractivity contribution is 9.10. The number of benzene rings is 3. The molecule has 0 aromatic heterocycles. The van der Waals surface area contributed by atoms with Gasteiger partial charge in [0.2, 0.25) is 0 Å². The molecule has 0 spiro atoms. The molecular formula is C27H27BrCl3N3O4. The average molecular weight is 644 g/mol. The summed E-state index contributed by atoms with van der Waals surface area (Å²) >= 11 is 16.0. The molecule has 1 fully saturated rings. The summed E-state index contributed by atoms with van der Waals surface area (Å²) < 4.78 is 6.82. The van der Waals surface area contributed by atoms with Gasteiger partial charge in [-0.05, 0) is 29.8 Å². The molecule has 1 aliphatic heterocycles. The fourth-order valence-electron chi connectivity index (χ4n) is 4.15.